The first-order valence-corrected chi connectivity index (χ1v) is 12.4. The highest BCUT2D eigenvalue weighted by molar-refractivity contribution is 8.01. The predicted octanol–water partition coefficient (Wildman–Crippen LogP) is 7.91. The summed E-state index contributed by atoms with van der Waals surface area (Å²) in [7, 11) is 1.66. The second kappa shape index (κ2) is 8.89. The fourth-order valence-electron chi connectivity index (χ4n) is 3.87. The van der Waals surface area contributed by atoms with Crippen molar-refractivity contribution in [2.24, 2.45) is 4.99 Å². The molecule has 0 bridgehead atoms. The molecule has 0 spiro atoms. The van der Waals surface area contributed by atoms with E-state index in [2.05, 4.69) is 48.5 Å². The maximum absolute atomic E-state index is 5.25. The van der Waals surface area contributed by atoms with E-state index in [0.29, 0.717) is 0 Å². The molecule has 0 aliphatic rings. The van der Waals surface area contributed by atoms with Gasteiger partial charge in [0.05, 0.1) is 28.5 Å². The molecule has 0 aliphatic carbocycles. The fraction of sp³-hybridized carbons (Fsp3) is 0.0357. The van der Waals surface area contributed by atoms with Gasteiger partial charge in [0.2, 0.25) is 0 Å². The normalized spacial score (nSPS) is 11.7. The Labute approximate surface area is 205 Å². The van der Waals surface area contributed by atoms with Crippen LogP contribution in [-0.4, -0.2) is 23.3 Å². The van der Waals surface area contributed by atoms with Gasteiger partial charge in [-0.25, -0.2) is 9.97 Å². The van der Waals surface area contributed by atoms with Gasteiger partial charge in [-0.05, 0) is 59.6 Å². The highest BCUT2D eigenvalue weighted by atomic mass is 32.2. The number of nitrogens with zero attached hydrogens (tertiary/aromatic N) is 3. The van der Waals surface area contributed by atoms with E-state index in [1.165, 1.54) is 10.1 Å². The van der Waals surface area contributed by atoms with Crippen LogP contribution in [0.1, 0.15) is 5.56 Å². The van der Waals surface area contributed by atoms with Gasteiger partial charge in [0.25, 0.3) is 0 Å². The zero-order valence-corrected chi connectivity index (χ0v) is 19.9. The number of benzene rings is 4. The van der Waals surface area contributed by atoms with Crippen LogP contribution in [0.2, 0.25) is 0 Å². The highest BCUT2D eigenvalue weighted by Crippen LogP contribution is 2.37. The number of hydrogen-bond acceptors (Lipinski definition) is 6. The third-order valence-corrected chi connectivity index (χ3v) is 7.70. The molecule has 6 aromatic rings. The molecule has 4 aromatic carbocycles. The summed E-state index contributed by atoms with van der Waals surface area (Å²) in [5, 5.41) is 4.30. The molecule has 0 N–H and O–H groups in total. The van der Waals surface area contributed by atoms with Crippen LogP contribution in [-0.2, 0) is 0 Å². The summed E-state index contributed by atoms with van der Waals surface area (Å²) in [4.78, 5) is 14.7. The minimum atomic E-state index is 0.810. The van der Waals surface area contributed by atoms with Crippen molar-refractivity contribution in [2.75, 3.05) is 7.11 Å². The van der Waals surface area contributed by atoms with Gasteiger partial charge in [-0.1, -0.05) is 48.5 Å². The minimum absolute atomic E-state index is 0.810. The Morgan fingerprint density at radius 3 is 2.50 bits per heavy atom. The third kappa shape index (κ3) is 4.02. The lowest BCUT2D eigenvalue weighted by atomic mass is 10.1. The largest absolute Gasteiger partial charge is 0.497 e. The zero-order valence-electron chi connectivity index (χ0n) is 18.3. The summed E-state index contributed by atoms with van der Waals surface area (Å²) < 4.78 is 7.39. The monoisotopic (exact) mass is 477 g/mol. The van der Waals surface area contributed by atoms with Crippen molar-refractivity contribution in [3.8, 4) is 5.75 Å². The van der Waals surface area contributed by atoms with Crippen molar-refractivity contribution >= 4 is 66.9 Å². The molecular formula is C28H19N3OS2. The third-order valence-electron chi connectivity index (χ3n) is 5.59. The topological polar surface area (TPSA) is 47.4 Å². The van der Waals surface area contributed by atoms with Gasteiger partial charge in [-0.2, -0.15) is 0 Å². The van der Waals surface area contributed by atoms with Gasteiger partial charge in [-0.3, -0.25) is 4.99 Å². The Balaban J connectivity index is 1.47. The van der Waals surface area contributed by atoms with Crippen LogP contribution in [0.3, 0.4) is 0 Å². The lowest BCUT2D eigenvalue weighted by Gasteiger charge is -2.08. The molecule has 2 heterocycles. The summed E-state index contributed by atoms with van der Waals surface area (Å²) >= 11 is 3.27. The predicted molar refractivity (Wildman–Crippen MR) is 143 cm³/mol. The van der Waals surface area contributed by atoms with Crippen LogP contribution in [0.25, 0.3) is 31.9 Å². The Kier molecular flexibility index (Phi) is 5.45. The van der Waals surface area contributed by atoms with E-state index in [4.69, 9.17) is 19.7 Å². The van der Waals surface area contributed by atoms with Gasteiger partial charge >= 0.3 is 0 Å². The molecule has 0 saturated carbocycles. The second-order valence-electron chi connectivity index (χ2n) is 7.75. The van der Waals surface area contributed by atoms with E-state index in [1.54, 1.807) is 30.2 Å². The van der Waals surface area contributed by atoms with Gasteiger partial charge in [-0.15, -0.1) is 11.3 Å². The number of pyridine rings is 1. The van der Waals surface area contributed by atoms with Crippen molar-refractivity contribution in [2.45, 2.75) is 9.37 Å². The van der Waals surface area contributed by atoms with Crippen LogP contribution in [0, 0.1) is 0 Å². The van der Waals surface area contributed by atoms with Gasteiger partial charge in [0.1, 0.15) is 10.8 Å². The molecule has 6 heteroatoms. The number of ether oxygens (including phenoxy) is 1. The second-order valence-corrected chi connectivity index (χ2v) is 10.0. The molecule has 164 valence electrons. The van der Waals surface area contributed by atoms with Crippen molar-refractivity contribution < 1.29 is 4.74 Å². The Morgan fingerprint density at radius 2 is 1.65 bits per heavy atom. The molecule has 0 unspecified atom stereocenters. The molecule has 0 aliphatic heterocycles. The minimum Gasteiger partial charge on any atom is -0.497 e. The average molecular weight is 478 g/mol. The molecule has 0 radical (unpaired) electrons. The molecule has 0 atom stereocenters. The molecule has 4 nitrogen and oxygen atoms in total. The summed E-state index contributed by atoms with van der Waals surface area (Å²) in [6.45, 7) is 0. The van der Waals surface area contributed by atoms with Crippen molar-refractivity contribution in [3.63, 3.8) is 0 Å². The van der Waals surface area contributed by atoms with E-state index in [1.807, 2.05) is 48.7 Å². The van der Waals surface area contributed by atoms with Crippen molar-refractivity contribution in [3.05, 3.63) is 96.6 Å². The highest BCUT2D eigenvalue weighted by Gasteiger charge is 2.13. The quantitative estimate of drug-likeness (QED) is 0.187. The van der Waals surface area contributed by atoms with Crippen LogP contribution in [0.4, 0.5) is 5.69 Å². The maximum atomic E-state index is 5.25. The molecule has 0 fully saturated rings. The first kappa shape index (κ1) is 20.8. The van der Waals surface area contributed by atoms with Crippen molar-refractivity contribution in [1.82, 2.24) is 9.97 Å². The van der Waals surface area contributed by atoms with Gasteiger partial charge in [0, 0.05) is 22.6 Å². The van der Waals surface area contributed by atoms with E-state index in [-0.39, 0.29) is 0 Å². The number of aliphatic imine (C=N–C) groups is 1. The molecular weight excluding hydrogens is 458 g/mol. The standard InChI is InChI=1S/C28H19N3OS2/c1-32-22-14-12-21(13-15-22)29-17-20-16-19-11-10-18-6-2-3-7-23(18)26(19)31-27(20)34-28-30-24-8-4-5-9-25(24)33-28/h2-17H,1H3. The average Bonchev–Trinajstić information content (AvgIpc) is 3.30. The van der Waals surface area contributed by atoms with E-state index in [9.17, 15) is 0 Å². The van der Waals surface area contributed by atoms with E-state index < -0.39 is 0 Å². The lowest BCUT2D eigenvalue weighted by molar-refractivity contribution is 0.415. The summed E-state index contributed by atoms with van der Waals surface area (Å²) in [5.41, 5.74) is 3.82. The van der Waals surface area contributed by atoms with Crippen LogP contribution in [0.15, 0.2) is 105 Å². The van der Waals surface area contributed by atoms with Crippen molar-refractivity contribution in [1.29, 1.82) is 0 Å². The fourth-order valence-corrected chi connectivity index (χ4v) is 5.92. The Bertz CT molecular complexity index is 1640. The SMILES string of the molecule is COc1ccc(N=Cc2cc3ccc4ccccc4c3nc2Sc2nc3ccccc3s2)cc1. The summed E-state index contributed by atoms with van der Waals surface area (Å²) in [5.74, 6) is 0.810. The number of thiazole rings is 1. The first-order chi connectivity index (χ1) is 16.8. The number of methoxy groups -OCH3 is 1. The number of para-hydroxylation sites is 1. The summed E-state index contributed by atoms with van der Waals surface area (Å²) in [6, 6.07) is 30.7. The summed E-state index contributed by atoms with van der Waals surface area (Å²) in [6.07, 6.45) is 1.89. The molecule has 6 rings (SSSR count). The van der Waals surface area contributed by atoms with Gasteiger partial charge in [0.15, 0.2) is 4.34 Å². The smallest absolute Gasteiger partial charge is 0.157 e. The zero-order chi connectivity index (χ0) is 22.9. The number of fused-ring (bicyclic) bond motifs is 4. The van der Waals surface area contributed by atoms with Crippen LogP contribution in [0.5, 0.6) is 5.75 Å². The number of rotatable bonds is 5. The molecule has 0 amide bonds. The van der Waals surface area contributed by atoms with E-state index >= 15 is 0 Å². The maximum Gasteiger partial charge on any atom is 0.157 e. The van der Waals surface area contributed by atoms with Gasteiger partial charge < -0.3 is 4.74 Å². The van der Waals surface area contributed by atoms with Crippen LogP contribution >= 0.6 is 23.1 Å². The molecule has 2 aromatic heterocycles. The number of hydrogen-bond donors (Lipinski definition) is 0. The molecule has 34 heavy (non-hydrogen) atoms. The Morgan fingerprint density at radius 1 is 0.853 bits per heavy atom. The molecule has 0 saturated heterocycles. The number of aromatic nitrogens is 2. The van der Waals surface area contributed by atoms with Crippen LogP contribution < -0.4 is 4.74 Å². The Hall–Kier alpha value is -3.74. The lowest BCUT2D eigenvalue weighted by Crippen LogP contribution is -1.93. The first-order valence-electron chi connectivity index (χ1n) is 10.8. The van der Waals surface area contributed by atoms with E-state index in [0.717, 1.165) is 48.2 Å².